The summed E-state index contributed by atoms with van der Waals surface area (Å²) in [6.45, 7) is 0.202. The number of hydrogen-bond donors (Lipinski definition) is 2. The second kappa shape index (κ2) is 5.20. The highest BCUT2D eigenvalue weighted by Gasteiger charge is 2.26. The largest absolute Gasteiger partial charge is 0.454 e. The lowest BCUT2D eigenvalue weighted by Crippen LogP contribution is -2.38. The predicted octanol–water partition coefficient (Wildman–Crippen LogP) is 0.144. The SMILES string of the molecule is O=C(N/N=C/c1ccc2c(c1)OCO2)C(=O)NC1CC1. The van der Waals surface area contributed by atoms with Gasteiger partial charge in [-0.1, -0.05) is 0 Å². The van der Waals surface area contributed by atoms with E-state index in [4.69, 9.17) is 9.47 Å². The molecular formula is C13H13N3O4. The molecule has 7 nitrogen and oxygen atoms in total. The third kappa shape index (κ3) is 2.87. The number of nitrogens with zero attached hydrogens (tertiary/aromatic N) is 1. The summed E-state index contributed by atoms with van der Waals surface area (Å²) in [4.78, 5) is 22.8. The molecule has 20 heavy (non-hydrogen) atoms. The maximum absolute atomic E-state index is 11.4. The Hall–Kier alpha value is -2.57. The van der Waals surface area contributed by atoms with Crippen LogP contribution in [0.5, 0.6) is 11.5 Å². The van der Waals surface area contributed by atoms with Gasteiger partial charge < -0.3 is 14.8 Å². The van der Waals surface area contributed by atoms with Crippen LogP contribution in [0.25, 0.3) is 0 Å². The molecule has 2 aliphatic rings. The van der Waals surface area contributed by atoms with Gasteiger partial charge in [0.2, 0.25) is 6.79 Å². The van der Waals surface area contributed by atoms with Gasteiger partial charge in [-0.25, -0.2) is 5.43 Å². The predicted molar refractivity (Wildman–Crippen MR) is 69.5 cm³/mol. The summed E-state index contributed by atoms with van der Waals surface area (Å²) >= 11 is 0. The molecule has 0 spiro atoms. The number of rotatable bonds is 3. The fraction of sp³-hybridized carbons (Fsp3) is 0.308. The van der Waals surface area contributed by atoms with Crippen LogP contribution in [-0.4, -0.2) is 30.9 Å². The number of fused-ring (bicyclic) bond motifs is 1. The summed E-state index contributed by atoms with van der Waals surface area (Å²) in [7, 11) is 0. The summed E-state index contributed by atoms with van der Waals surface area (Å²) in [5, 5.41) is 6.31. The Labute approximate surface area is 114 Å². The van der Waals surface area contributed by atoms with E-state index in [9.17, 15) is 9.59 Å². The average Bonchev–Trinajstić information content (AvgIpc) is 3.13. The van der Waals surface area contributed by atoms with Gasteiger partial charge >= 0.3 is 11.8 Å². The Bertz CT molecular complexity index is 581. The van der Waals surface area contributed by atoms with Crippen molar-refractivity contribution in [2.45, 2.75) is 18.9 Å². The molecule has 0 atom stereocenters. The highest BCUT2D eigenvalue weighted by molar-refractivity contribution is 6.35. The first-order valence-electron chi connectivity index (χ1n) is 6.26. The van der Waals surface area contributed by atoms with Crippen LogP contribution in [0.15, 0.2) is 23.3 Å². The molecule has 1 heterocycles. The monoisotopic (exact) mass is 275 g/mol. The van der Waals surface area contributed by atoms with E-state index >= 15 is 0 Å². The van der Waals surface area contributed by atoms with E-state index in [2.05, 4.69) is 15.8 Å². The van der Waals surface area contributed by atoms with Crippen LogP contribution < -0.4 is 20.2 Å². The van der Waals surface area contributed by atoms with E-state index < -0.39 is 11.8 Å². The van der Waals surface area contributed by atoms with E-state index in [1.807, 2.05) is 0 Å². The first-order chi connectivity index (χ1) is 9.72. The van der Waals surface area contributed by atoms with E-state index in [0.717, 1.165) is 18.4 Å². The number of nitrogens with one attached hydrogen (secondary N) is 2. The van der Waals surface area contributed by atoms with Gasteiger partial charge in [-0.2, -0.15) is 5.10 Å². The van der Waals surface area contributed by atoms with Crippen LogP contribution >= 0.6 is 0 Å². The number of amides is 2. The summed E-state index contributed by atoms with van der Waals surface area (Å²) in [5.41, 5.74) is 2.91. The van der Waals surface area contributed by atoms with E-state index in [1.165, 1.54) is 6.21 Å². The molecule has 0 saturated heterocycles. The van der Waals surface area contributed by atoms with Gasteiger partial charge in [0.15, 0.2) is 11.5 Å². The maximum atomic E-state index is 11.4. The van der Waals surface area contributed by atoms with Gasteiger partial charge in [0.25, 0.3) is 0 Å². The van der Waals surface area contributed by atoms with Crippen molar-refractivity contribution in [2.24, 2.45) is 5.10 Å². The molecule has 1 aromatic rings. The van der Waals surface area contributed by atoms with Crippen molar-refractivity contribution in [2.75, 3.05) is 6.79 Å². The molecule has 7 heteroatoms. The molecule has 0 radical (unpaired) electrons. The quantitative estimate of drug-likeness (QED) is 0.466. The molecular weight excluding hydrogens is 262 g/mol. The van der Waals surface area contributed by atoms with Gasteiger partial charge in [0, 0.05) is 6.04 Å². The molecule has 3 rings (SSSR count). The second-order valence-electron chi connectivity index (χ2n) is 4.56. The minimum absolute atomic E-state index is 0.145. The molecule has 1 aliphatic carbocycles. The number of ether oxygens (including phenoxy) is 2. The lowest BCUT2D eigenvalue weighted by atomic mass is 10.2. The molecule has 1 aromatic carbocycles. The molecule has 104 valence electrons. The van der Waals surface area contributed by atoms with E-state index in [1.54, 1.807) is 18.2 Å². The Morgan fingerprint density at radius 2 is 2.00 bits per heavy atom. The van der Waals surface area contributed by atoms with Crippen molar-refractivity contribution >= 4 is 18.0 Å². The smallest absolute Gasteiger partial charge is 0.329 e. The minimum atomic E-state index is -0.770. The lowest BCUT2D eigenvalue weighted by Gasteiger charge is -2.01. The first-order valence-corrected chi connectivity index (χ1v) is 6.26. The van der Waals surface area contributed by atoms with Crippen molar-refractivity contribution in [3.05, 3.63) is 23.8 Å². The summed E-state index contributed by atoms with van der Waals surface area (Å²) in [6, 6.07) is 5.41. The summed E-state index contributed by atoms with van der Waals surface area (Å²) < 4.78 is 10.4. The number of carbonyl (C=O) groups excluding carboxylic acids is 2. The number of carbonyl (C=O) groups is 2. The zero-order valence-corrected chi connectivity index (χ0v) is 10.6. The minimum Gasteiger partial charge on any atom is -0.454 e. The third-order valence-electron chi connectivity index (χ3n) is 2.90. The summed E-state index contributed by atoms with van der Waals surface area (Å²) in [5.74, 6) is -0.119. The fourth-order valence-corrected chi connectivity index (χ4v) is 1.69. The summed E-state index contributed by atoms with van der Waals surface area (Å²) in [6.07, 6.45) is 3.29. The highest BCUT2D eigenvalue weighted by Crippen LogP contribution is 2.31. The fourth-order valence-electron chi connectivity index (χ4n) is 1.69. The zero-order chi connectivity index (χ0) is 13.9. The zero-order valence-electron chi connectivity index (χ0n) is 10.6. The Balaban J connectivity index is 1.54. The molecule has 0 bridgehead atoms. The number of hydrazone groups is 1. The molecule has 0 aromatic heterocycles. The van der Waals surface area contributed by atoms with Gasteiger partial charge in [-0.3, -0.25) is 9.59 Å². The lowest BCUT2D eigenvalue weighted by molar-refractivity contribution is -0.139. The van der Waals surface area contributed by atoms with Gasteiger partial charge in [-0.05, 0) is 36.6 Å². The van der Waals surface area contributed by atoms with Crippen molar-refractivity contribution in [3.8, 4) is 11.5 Å². The molecule has 1 fully saturated rings. The molecule has 1 saturated carbocycles. The molecule has 1 aliphatic heterocycles. The van der Waals surface area contributed by atoms with Crippen LogP contribution in [0, 0.1) is 0 Å². The van der Waals surface area contributed by atoms with E-state index in [0.29, 0.717) is 11.5 Å². The second-order valence-corrected chi connectivity index (χ2v) is 4.56. The molecule has 2 amide bonds. The topological polar surface area (TPSA) is 89.0 Å². The molecule has 2 N–H and O–H groups in total. The van der Waals surface area contributed by atoms with E-state index in [-0.39, 0.29) is 12.8 Å². The first kappa shape index (κ1) is 12.5. The highest BCUT2D eigenvalue weighted by atomic mass is 16.7. The maximum Gasteiger partial charge on any atom is 0.329 e. The van der Waals surface area contributed by atoms with Crippen LogP contribution in [0.1, 0.15) is 18.4 Å². The Morgan fingerprint density at radius 3 is 2.80 bits per heavy atom. The van der Waals surface area contributed by atoms with Crippen LogP contribution in [-0.2, 0) is 9.59 Å². The van der Waals surface area contributed by atoms with Crippen molar-refractivity contribution in [1.82, 2.24) is 10.7 Å². The number of hydrogen-bond acceptors (Lipinski definition) is 5. The normalized spacial score (nSPS) is 16.2. The van der Waals surface area contributed by atoms with Crippen LogP contribution in [0.3, 0.4) is 0 Å². The van der Waals surface area contributed by atoms with Gasteiger partial charge in [0.05, 0.1) is 6.21 Å². The third-order valence-corrected chi connectivity index (χ3v) is 2.90. The molecule has 0 unspecified atom stereocenters. The Morgan fingerprint density at radius 1 is 1.20 bits per heavy atom. The van der Waals surface area contributed by atoms with Gasteiger partial charge in [0.1, 0.15) is 0 Å². The van der Waals surface area contributed by atoms with Gasteiger partial charge in [-0.15, -0.1) is 0 Å². The van der Waals surface area contributed by atoms with Crippen molar-refractivity contribution in [1.29, 1.82) is 0 Å². The van der Waals surface area contributed by atoms with Crippen LogP contribution in [0.2, 0.25) is 0 Å². The van der Waals surface area contributed by atoms with Crippen molar-refractivity contribution in [3.63, 3.8) is 0 Å². The van der Waals surface area contributed by atoms with Crippen molar-refractivity contribution < 1.29 is 19.1 Å². The number of benzene rings is 1. The average molecular weight is 275 g/mol. The standard InChI is InChI=1S/C13H13N3O4/c17-12(15-9-2-3-9)13(18)16-14-6-8-1-4-10-11(5-8)20-7-19-10/h1,4-6,9H,2-3,7H2,(H,15,17)(H,16,18)/b14-6+. The Kier molecular flexibility index (Phi) is 3.24. The van der Waals surface area contributed by atoms with Crippen LogP contribution in [0.4, 0.5) is 0 Å².